The number of thiazole rings is 1. The van der Waals surface area contributed by atoms with Crippen LogP contribution in [0.3, 0.4) is 0 Å². The fourth-order valence-corrected chi connectivity index (χ4v) is 4.72. The van der Waals surface area contributed by atoms with Gasteiger partial charge in [0.1, 0.15) is 10.8 Å². The lowest BCUT2D eigenvalue weighted by Crippen LogP contribution is -2.27. The summed E-state index contributed by atoms with van der Waals surface area (Å²) in [5.74, 6) is 0.519. The molecule has 0 saturated heterocycles. The number of fused-ring (bicyclic) bond motifs is 1. The second-order valence-corrected chi connectivity index (χ2v) is 8.26. The Kier molecular flexibility index (Phi) is 5.38. The van der Waals surface area contributed by atoms with E-state index in [9.17, 15) is 9.90 Å². The van der Waals surface area contributed by atoms with Crippen LogP contribution in [0.5, 0.6) is 5.75 Å². The van der Waals surface area contributed by atoms with Crippen molar-refractivity contribution in [1.82, 2.24) is 10.3 Å². The summed E-state index contributed by atoms with van der Waals surface area (Å²) in [6.07, 6.45) is -0.779. The van der Waals surface area contributed by atoms with Crippen molar-refractivity contribution in [1.29, 1.82) is 0 Å². The van der Waals surface area contributed by atoms with Gasteiger partial charge in [0, 0.05) is 6.54 Å². The predicted molar refractivity (Wildman–Crippen MR) is 113 cm³/mol. The summed E-state index contributed by atoms with van der Waals surface area (Å²) in [5, 5.41) is 14.0. The first-order chi connectivity index (χ1) is 13.6. The molecular formula is C21H18N2O3S2. The molecule has 0 aliphatic carbocycles. The molecule has 0 bridgehead atoms. The third-order valence-corrected chi connectivity index (χ3v) is 6.58. The molecule has 0 radical (unpaired) electrons. The summed E-state index contributed by atoms with van der Waals surface area (Å²) >= 11 is 3.01. The highest BCUT2D eigenvalue weighted by atomic mass is 32.1. The molecule has 2 aromatic carbocycles. The number of amides is 1. The van der Waals surface area contributed by atoms with Crippen LogP contribution in [0, 0.1) is 0 Å². The zero-order valence-corrected chi connectivity index (χ0v) is 16.7. The van der Waals surface area contributed by atoms with Crippen LogP contribution in [-0.4, -0.2) is 29.7 Å². The summed E-state index contributed by atoms with van der Waals surface area (Å²) in [7, 11) is 1.59. The van der Waals surface area contributed by atoms with Gasteiger partial charge in [0.05, 0.1) is 33.2 Å². The average molecular weight is 411 g/mol. The summed E-state index contributed by atoms with van der Waals surface area (Å²) in [6, 6.07) is 18.8. The molecule has 2 N–H and O–H groups in total. The van der Waals surface area contributed by atoms with Crippen molar-refractivity contribution >= 4 is 38.8 Å². The topological polar surface area (TPSA) is 71.5 Å². The monoisotopic (exact) mass is 410 g/mol. The van der Waals surface area contributed by atoms with Gasteiger partial charge in [-0.25, -0.2) is 4.98 Å². The number of aliphatic hydroxyl groups is 1. The molecule has 1 atom stereocenters. The van der Waals surface area contributed by atoms with Gasteiger partial charge >= 0.3 is 0 Å². The third-order valence-electron chi connectivity index (χ3n) is 4.29. The number of benzene rings is 2. The summed E-state index contributed by atoms with van der Waals surface area (Å²) in [5.41, 5.74) is 1.69. The Hall–Kier alpha value is -2.74. The van der Waals surface area contributed by atoms with Gasteiger partial charge in [0.2, 0.25) is 0 Å². The summed E-state index contributed by atoms with van der Waals surface area (Å²) in [6.45, 7) is 0.138. The first kappa shape index (κ1) is 18.6. The molecule has 1 amide bonds. The lowest BCUT2D eigenvalue weighted by molar-refractivity contribution is 0.0920. The van der Waals surface area contributed by atoms with Crippen molar-refractivity contribution in [2.45, 2.75) is 6.10 Å². The van der Waals surface area contributed by atoms with Gasteiger partial charge < -0.3 is 15.2 Å². The minimum atomic E-state index is -0.779. The van der Waals surface area contributed by atoms with E-state index in [0.717, 1.165) is 31.4 Å². The van der Waals surface area contributed by atoms with Crippen molar-refractivity contribution in [2.24, 2.45) is 0 Å². The number of methoxy groups -OCH3 is 1. The molecule has 4 rings (SSSR count). The molecule has 2 heterocycles. The van der Waals surface area contributed by atoms with E-state index in [-0.39, 0.29) is 12.5 Å². The maximum atomic E-state index is 12.4. The lowest BCUT2D eigenvalue weighted by atomic mass is 10.1. The Morgan fingerprint density at radius 2 is 1.89 bits per heavy atom. The summed E-state index contributed by atoms with van der Waals surface area (Å²) in [4.78, 5) is 18.6. The minimum absolute atomic E-state index is 0.138. The van der Waals surface area contributed by atoms with Crippen LogP contribution in [0.15, 0.2) is 60.7 Å². The van der Waals surface area contributed by atoms with E-state index in [0.29, 0.717) is 4.88 Å². The molecule has 0 saturated carbocycles. The van der Waals surface area contributed by atoms with Crippen LogP contribution in [0.2, 0.25) is 0 Å². The first-order valence-electron chi connectivity index (χ1n) is 8.70. The van der Waals surface area contributed by atoms with Crippen molar-refractivity contribution in [3.63, 3.8) is 0 Å². The zero-order chi connectivity index (χ0) is 19.5. The number of thiophene rings is 1. The smallest absolute Gasteiger partial charge is 0.261 e. The normalized spacial score (nSPS) is 12.1. The molecule has 0 spiro atoms. The molecule has 5 nitrogen and oxygen atoms in total. The van der Waals surface area contributed by atoms with Gasteiger partial charge in [0.15, 0.2) is 0 Å². The lowest BCUT2D eigenvalue weighted by Gasteiger charge is -2.12. The van der Waals surface area contributed by atoms with Crippen LogP contribution in [-0.2, 0) is 0 Å². The molecule has 0 aliphatic heterocycles. The van der Waals surface area contributed by atoms with Gasteiger partial charge in [-0.05, 0) is 42.0 Å². The Labute approximate surface area is 170 Å². The van der Waals surface area contributed by atoms with E-state index < -0.39 is 6.10 Å². The molecule has 142 valence electrons. The number of ether oxygens (including phenoxy) is 1. The molecular weight excluding hydrogens is 392 g/mol. The second kappa shape index (κ2) is 8.10. The fourth-order valence-electron chi connectivity index (χ4n) is 2.77. The second-order valence-electron chi connectivity index (χ2n) is 6.15. The minimum Gasteiger partial charge on any atom is -0.497 e. The van der Waals surface area contributed by atoms with Gasteiger partial charge in [-0.15, -0.1) is 22.7 Å². The first-order valence-corrected chi connectivity index (χ1v) is 10.3. The number of nitrogens with one attached hydrogen (secondary N) is 1. The number of carbonyl (C=O) groups excluding carboxylic acids is 1. The van der Waals surface area contributed by atoms with Crippen LogP contribution < -0.4 is 10.1 Å². The largest absolute Gasteiger partial charge is 0.497 e. The van der Waals surface area contributed by atoms with Crippen molar-refractivity contribution < 1.29 is 14.6 Å². The van der Waals surface area contributed by atoms with Gasteiger partial charge in [0.25, 0.3) is 5.91 Å². The van der Waals surface area contributed by atoms with Crippen LogP contribution >= 0.6 is 22.7 Å². The Morgan fingerprint density at radius 3 is 2.64 bits per heavy atom. The molecule has 28 heavy (non-hydrogen) atoms. The molecule has 0 fully saturated rings. The van der Waals surface area contributed by atoms with Crippen molar-refractivity contribution in [3.05, 3.63) is 71.1 Å². The number of rotatable bonds is 6. The molecule has 4 aromatic rings. The SMILES string of the molecule is COc1ccc(C(O)CNC(=O)c2ccc(-c3nc4ccccc4s3)s2)cc1. The number of aromatic nitrogens is 1. The number of hydrogen-bond donors (Lipinski definition) is 2. The van der Waals surface area contributed by atoms with E-state index >= 15 is 0 Å². The highest BCUT2D eigenvalue weighted by molar-refractivity contribution is 7.26. The number of aliphatic hydroxyl groups excluding tert-OH is 1. The van der Waals surface area contributed by atoms with E-state index in [4.69, 9.17) is 4.74 Å². The highest BCUT2D eigenvalue weighted by Crippen LogP contribution is 2.34. The summed E-state index contributed by atoms with van der Waals surface area (Å²) < 4.78 is 6.23. The van der Waals surface area contributed by atoms with Gasteiger partial charge in [-0.3, -0.25) is 4.79 Å². The van der Waals surface area contributed by atoms with E-state index in [2.05, 4.69) is 10.3 Å². The number of para-hydroxylation sites is 1. The van der Waals surface area contributed by atoms with Gasteiger partial charge in [-0.2, -0.15) is 0 Å². The number of nitrogens with zero attached hydrogens (tertiary/aromatic N) is 1. The fraction of sp³-hybridized carbons (Fsp3) is 0.143. The molecule has 2 aromatic heterocycles. The standard InChI is InChI=1S/C21H18N2O3S2/c1-26-14-8-6-13(7-9-14)16(24)12-22-20(25)18-10-11-19(27-18)21-23-15-4-2-3-5-17(15)28-21/h2-11,16,24H,12H2,1H3,(H,22,25). The van der Waals surface area contributed by atoms with Crippen LogP contribution in [0.4, 0.5) is 0 Å². The predicted octanol–water partition coefficient (Wildman–Crippen LogP) is 4.50. The molecule has 0 aliphatic rings. The van der Waals surface area contributed by atoms with Crippen molar-refractivity contribution in [3.8, 4) is 15.6 Å². The Balaban J connectivity index is 1.41. The Bertz CT molecular complexity index is 1070. The zero-order valence-electron chi connectivity index (χ0n) is 15.1. The average Bonchev–Trinajstić information content (AvgIpc) is 3.38. The highest BCUT2D eigenvalue weighted by Gasteiger charge is 2.15. The van der Waals surface area contributed by atoms with E-state index in [1.807, 2.05) is 30.3 Å². The number of carbonyl (C=O) groups is 1. The number of hydrogen-bond acceptors (Lipinski definition) is 6. The maximum absolute atomic E-state index is 12.4. The van der Waals surface area contributed by atoms with E-state index in [1.54, 1.807) is 48.8 Å². The maximum Gasteiger partial charge on any atom is 0.261 e. The van der Waals surface area contributed by atoms with Crippen LogP contribution in [0.25, 0.3) is 20.1 Å². The quantitative estimate of drug-likeness (QED) is 0.491. The van der Waals surface area contributed by atoms with E-state index in [1.165, 1.54) is 11.3 Å². The van der Waals surface area contributed by atoms with Crippen molar-refractivity contribution in [2.75, 3.05) is 13.7 Å². The molecule has 7 heteroatoms. The third kappa shape index (κ3) is 3.91. The van der Waals surface area contributed by atoms with Crippen LogP contribution in [0.1, 0.15) is 21.3 Å². The molecule has 1 unspecified atom stereocenters. The Morgan fingerprint density at radius 1 is 1.11 bits per heavy atom. The van der Waals surface area contributed by atoms with Gasteiger partial charge in [-0.1, -0.05) is 24.3 Å².